The maximum absolute atomic E-state index is 11.4. The van der Waals surface area contributed by atoms with E-state index in [0.717, 1.165) is 16.1 Å². The number of nitrogens with one attached hydrogen (secondary N) is 1. The van der Waals surface area contributed by atoms with Crippen LogP contribution in [0, 0.1) is 17.8 Å². The number of benzene rings is 2. The van der Waals surface area contributed by atoms with Crippen molar-refractivity contribution in [2.45, 2.75) is 31.2 Å². The number of hydrogen-bond acceptors (Lipinski definition) is 2. The van der Waals surface area contributed by atoms with Gasteiger partial charge in [0.2, 0.25) is 0 Å². The van der Waals surface area contributed by atoms with Crippen LogP contribution in [-0.2, 0) is 0 Å². The average Bonchev–Trinajstić information content (AvgIpc) is 3.23. The summed E-state index contributed by atoms with van der Waals surface area (Å²) in [4.78, 5) is 11.4. The Hall–Kier alpha value is -1.81. The lowest BCUT2D eigenvalue weighted by atomic mass is 9.68. The molecule has 0 saturated heterocycles. The summed E-state index contributed by atoms with van der Waals surface area (Å²) in [7, 11) is 0. The van der Waals surface area contributed by atoms with E-state index < -0.39 is 5.97 Å². The van der Waals surface area contributed by atoms with Gasteiger partial charge in [0.05, 0.1) is 11.6 Å². The van der Waals surface area contributed by atoms with Gasteiger partial charge in [0, 0.05) is 10.2 Å². The summed E-state index contributed by atoms with van der Waals surface area (Å²) < 4.78 is 1.10. The first-order valence-corrected chi connectivity index (χ1v) is 9.80. The predicted octanol–water partition coefficient (Wildman–Crippen LogP) is 5.44. The Labute approximate surface area is 155 Å². The fourth-order valence-corrected chi connectivity index (χ4v) is 5.88. The molecule has 25 heavy (non-hydrogen) atoms. The van der Waals surface area contributed by atoms with Crippen molar-refractivity contribution in [2.75, 3.05) is 5.32 Å². The summed E-state index contributed by atoms with van der Waals surface area (Å²) >= 11 is 3.53. The zero-order valence-electron chi connectivity index (χ0n) is 13.8. The molecule has 3 nitrogen and oxygen atoms in total. The lowest BCUT2D eigenvalue weighted by molar-refractivity contribution is 0.0696. The van der Waals surface area contributed by atoms with E-state index in [2.05, 4.69) is 45.5 Å². The van der Waals surface area contributed by atoms with E-state index in [9.17, 15) is 9.90 Å². The van der Waals surface area contributed by atoms with Gasteiger partial charge in [-0.3, -0.25) is 0 Å². The standard InChI is InChI=1S/C21H20BrNO2/c22-15-6-3-11(4-7-15)20-19-13-2-1-12(9-13)18(19)16-10-14(21(24)25)5-8-17(16)23-20/h3-8,10,12-13,18-20,23H,1-2,9H2,(H,24,25)/t12-,13-,18-,19+,20+/m0/s1. The monoisotopic (exact) mass is 397 g/mol. The van der Waals surface area contributed by atoms with Crippen LogP contribution < -0.4 is 5.32 Å². The van der Waals surface area contributed by atoms with Crippen LogP contribution in [0.3, 0.4) is 0 Å². The maximum atomic E-state index is 11.4. The fraction of sp³-hybridized carbons (Fsp3) is 0.381. The molecule has 0 amide bonds. The summed E-state index contributed by atoms with van der Waals surface area (Å²) in [5, 5.41) is 13.1. The normalized spacial score (nSPS) is 32.0. The molecule has 2 N–H and O–H groups in total. The summed E-state index contributed by atoms with van der Waals surface area (Å²) in [5.74, 6) is 1.67. The van der Waals surface area contributed by atoms with Crippen LogP contribution in [-0.4, -0.2) is 11.1 Å². The van der Waals surface area contributed by atoms with Gasteiger partial charge in [0.1, 0.15) is 0 Å². The van der Waals surface area contributed by atoms with Crippen LogP contribution in [0.4, 0.5) is 5.69 Å². The van der Waals surface area contributed by atoms with Gasteiger partial charge in [-0.1, -0.05) is 28.1 Å². The number of carboxylic acid groups (broad SMARTS) is 1. The molecule has 5 rings (SSSR count). The second-order valence-electron chi connectivity index (χ2n) is 7.72. The van der Waals surface area contributed by atoms with Gasteiger partial charge in [0.25, 0.3) is 0 Å². The maximum Gasteiger partial charge on any atom is 0.335 e. The molecule has 2 bridgehead atoms. The van der Waals surface area contributed by atoms with E-state index in [1.165, 1.54) is 30.4 Å². The Morgan fingerprint density at radius 2 is 1.84 bits per heavy atom. The number of anilines is 1. The number of aromatic carboxylic acids is 1. The number of carboxylic acids is 1. The van der Waals surface area contributed by atoms with E-state index in [0.29, 0.717) is 29.4 Å². The summed E-state index contributed by atoms with van der Waals surface area (Å²) in [5.41, 5.74) is 4.08. The predicted molar refractivity (Wildman–Crippen MR) is 101 cm³/mol. The fourth-order valence-electron chi connectivity index (χ4n) is 5.62. The second-order valence-corrected chi connectivity index (χ2v) is 8.63. The first kappa shape index (κ1) is 15.4. The third-order valence-corrected chi connectivity index (χ3v) is 7.09. The number of carbonyl (C=O) groups is 1. The lowest BCUT2D eigenvalue weighted by Gasteiger charge is -2.43. The van der Waals surface area contributed by atoms with Crippen LogP contribution in [0.15, 0.2) is 46.9 Å². The smallest absolute Gasteiger partial charge is 0.335 e. The average molecular weight is 398 g/mol. The minimum absolute atomic E-state index is 0.316. The number of fused-ring (bicyclic) bond motifs is 7. The number of rotatable bonds is 2. The minimum Gasteiger partial charge on any atom is -0.478 e. The van der Waals surface area contributed by atoms with Crippen LogP contribution in [0.25, 0.3) is 0 Å². The molecule has 0 radical (unpaired) electrons. The van der Waals surface area contributed by atoms with Crippen molar-refractivity contribution in [3.63, 3.8) is 0 Å². The lowest BCUT2D eigenvalue weighted by Crippen LogP contribution is -2.35. The highest BCUT2D eigenvalue weighted by molar-refractivity contribution is 9.10. The van der Waals surface area contributed by atoms with Gasteiger partial charge >= 0.3 is 5.97 Å². The van der Waals surface area contributed by atoms with Crippen LogP contribution in [0.2, 0.25) is 0 Å². The van der Waals surface area contributed by atoms with Gasteiger partial charge in [-0.2, -0.15) is 0 Å². The van der Waals surface area contributed by atoms with Crippen molar-refractivity contribution in [1.82, 2.24) is 0 Å². The van der Waals surface area contributed by atoms with Crippen molar-refractivity contribution in [3.05, 3.63) is 63.6 Å². The van der Waals surface area contributed by atoms with Crippen molar-refractivity contribution < 1.29 is 9.90 Å². The Morgan fingerprint density at radius 3 is 2.60 bits per heavy atom. The molecule has 0 unspecified atom stereocenters. The van der Waals surface area contributed by atoms with Gasteiger partial charge in [-0.25, -0.2) is 4.79 Å². The molecule has 2 aromatic rings. The zero-order chi connectivity index (χ0) is 17.1. The van der Waals surface area contributed by atoms with Gasteiger partial charge < -0.3 is 10.4 Å². The molecule has 4 heteroatoms. The van der Waals surface area contributed by atoms with Gasteiger partial charge in [-0.15, -0.1) is 0 Å². The van der Waals surface area contributed by atoms with E-state index >= 15 is 0 Å². The summed E-state index contributed by atoms with van der Waals surface area (Å²) in [6.07, 6.45) is 3.89. The van der Waals surface area contributed by atoms with Gasteiger partial charge in [-0.05, 0) is 84.4 Å². The summed E-state index contributed by atoms with van der Waals surface area (Å²) in [6.45, 7) is 0. The zero-order valence-corrected chi connectivity index (χ0v) is 15.4. The largest absolute Gasteiger partial charge is 0.478 e. The highest BCUT2D eigenvalue weighted by Gasteiger charge is 2.53. The third-order valence-electron chi connectivity index (χ3n) is 6.56. The summed E-state index contributed by atoms with van der Waals surface area (Å²) in [6, 6.07) is 14.6. The van der Waals surface area contributed by atoms with E-state index in [-0.39, 0.29) is 0 Å². The van der Waals surface area contributed by atoms with E-state index in [4.69, 9.17) is 0 Å². The second kappa shape index (κ2) is 5.60. The van der Waals surface area contributed by atoms with E-state index in [1.807, 2.05) is 12.1 Å². The van der Waals surface area contributed by atoms with Crippen molar-refractivity contribution in [3.8, 4) is 0 Å². The Morgan fingerprint density at radius 1 is 1.08 bits per heavy atom. The Kier molecular flexibility index (Phi) is 3.46. The SMILES string of the molecule is O=C(O)c1ccc2c(c1)[C@@H]1[C@H]3CC[C@@H](C3)[C@H]1[C@@H](c1ccc(Br)cc1)N2. The van der Waals surface area contributed by atoms with Gasteiger partial charge in [0.15, 0.2) is 0 Å². The Bertz CT molecular complexity index is 847. The van der Waals surface area contributed by atoms with Crippen molar-refractivity contribution in [2.24, 2.45) is 17.8 Å². The molecule has 0 spiro atoms. The highest BCUT2D eigenvalue weighted by Crippen LogP contribution is 2.63. The van der Waals surface area contributed by atoms with Crippen LogP contribution in [0.5, 0.6) is 0 Å². The third kappa shape index (κ3) is 2.34. The topological polar surface area (TPSA) is 49.3 Å². The van der Waals surface area contributed by atoms with E-state index in [1.54, 1.807) is 6.07 Å². The van der Waals surface area contributed by atoms with Crippen LogP contribution >= 0.6 is 15.9 Å². The molecule has 1 aliphatic heterocycles. The molecular weight excluding hydrogens is 378 g/mol. The van der Waals surface area contributed by atoms with Crippen molar-refractivity contribution in [1.29, 1.82) is 0 Å². The molecule has 128 valence electrons. The molecule has 1 heterocycles. The molecule has 3 aliphatic rings. The van der Waals surface area contributed by atoms with Crippen molar-refractivity contribution >= 4 is 27.6 Å². The molecule has 2 aliphatic carbocycles. The first-order valence-electron chi connectivity index (χ1n) is 9.01. The Balaban J connectivity index is 1.62. The number of hydrogen-bond donors (Lipinski definition) is 2. The highest BCUT2D eigenvalue weighted by atomic mass is 79.9. The molecular formula is C21H20BrNO2. The molecule has 5 atom stereocenters. The molecule has 2 saturated carbocycles. The first-order chi connectivity index (χ1) is 12.1. The quantitative estimate of drug-likeness (QED) is 0.708. The molecule has 2 fully saturated rings. The van der Waals surface area contributed by atoms with Crippen LogP contribution in [0.1, 0.15) is 52.7 Å². The molecule has 2 aromatic carbocycles. The minimum atomic E-state index is -0.836. The number of halogens is 1. The molecule has 0 aromatic heterocycles.